The predicted molar refractivity (Wildman–Crippen MR) is 62.1 cm³/mol. The van der Waals surface area contributed by atoms with Crippen molar-refractivity contribution in [2.45, 2.75) is 6.92 Å². The summed E-state index contributed by atoms with van der Waals surface area (Å²) >= 11 is 0. The molecular formula is C12H19NO. The molecule has 0 amide bonds. The van der Waals surface area contributed by atoms with E-state index in [1.54, 1.807) is 0 Å². The summed E-state index contributed by atoms with van der Waals surface area (Å²) in [7, 11) is 0. The highest BCUT2D eigenvalue weighted by Crippen LogP contribution is 1.97. The van der Waals surface area contributed by atoms with Crippen LogP contribution >= 0.6 is 0 Å². The molecule has 0 aliphatic heterocycles. The first kappa shape index (κ1) is 12.9. The SMILES string of the molecule is C=Cc1ccccc1.CCOCCN. The second-order valence-corrected chi connectivity index (χ2v) is 2.60. The van der Waals surface area contributed by atoms with Crippen LogP contribution in [0.4, 0.5) is 0 Å². The maximum absolute atomic E-state index is 5.09. The molecule has 0 atom stereocenters. The molecule has 1 rings (SSSR count). The fourth-order valence-electron chi connectivity index (χ4n) is 0.817. The summed E-state index contributed by atoms with van der Waals surface area (Å²) in [5, 5.41) is 0. The number of hydrogen-bond acceptors (Lipinski definition) is 2. The highest BCUT2D eigenvalue weighted by molar-refractivity contribution is 5.45. The van der Waals surface area contributed by atoms with Gasteiger partial charge in [0.05, 0.1) is 6.61 Å². The maximum Gasteiger partial charge on any atom is 0.0588 e. The first-order valence-corrected chi connectivity index (χ1v) is 4.80. The zero-order valence-electron chi connectivity index (χ0n) is 8.78. The summed E-state index contributed by atoms with van der Waals surface area (Å²) in [5.41, 5.74) is 6.26. The Kier molecular flexibility index (Phi) is 9.17. The molecule has 1 aromatic rings. The molecule has 0 aliphatic rings. The van der Waals surface area contributed by atoms with Gasteiger partial charge in [-0.05, 0) is 12.5 Å². The minimum atomic E-state index is 0.633. The van der Waals surface area contributed by atoms with Crippen LogP contribution in [0.2, 0.25) is 0 Å². The molecule has 2 N–H and O–H groups in total. The molecule has 0 saturated heterocycles. The summed E-state index contributed by atoms with van der Waals surface area (Å²) in [6.45, 7) is 7.68. The van der Waals surface area contributed by atoms with Gasteiger partial charge in [-0.25, -0.2) is 0 Å². The van der Waals surface area contributed by atoms with Crippen molar-refractivity contribution >= 4 is 6.08 Å². The van der Waals surface area contributed by atoms with Gasteiger partial charge in [-0.3, -0.25) is 0 Å². The number of rotatable bonds is 4. The zero-order chi connectivity index (χ0) is 10.6. The quantitative estimate of drug-likeness (QED) is 0.745. The number of ether oxygens (including phenoxy) is 1. The first-order chi connectivity index (χ1) is 6.85. The molecular weight excluding hydrogens is 174 g/mol. The van der Waals surface area contributed by atoms with Crippen LogP contribution < -0.4 is 5.73 Å². The van der Waals surface area contributed by atoms with Crippen LogP contribution in [0, 0.1) is 0 Å². The summed E-state index contributed by atoms with van der Waals surface area (Å²) in [5.74, 6) is 0. The molecule has 0 unspecified atom stereocenters. The van der Waals surface area contributed by atoms with E-state index in [0.717, 1.165) is 6.61 Å². The van der Waals surface area contributed by atoms with Crippen LogP contribution in [-0.2, 0) is 4.74 Å². The fraction of sp³-hybridized carbons (Fsp3) is 0.333. The van der Waals surface area contributed by atoms with Gasteiger partial charge in [0.1, 0.15) is 0 Å². The van der Waals surface area contributed by atoms with E-state index in [2.05, 4.69) is 6.58 Å². The smallest absolute Gasteiger partial charge is 0.0588 e. The van der Waals surface area contributed by atoms with Crippen LogP contribution in [0.15, 0.2) is 36.9 Å². The molecule has 78 valence electrons. The molecule has 0 aromatic heterocycles. The van der Waals surface area contributed by atoms with Gasteiger partial charge in [0.25, 0.3) is 0 Å². The number of hydrogen-bond donors (Lipinski definition) is 1. The van der Waals surface area contributed by atoms with Gasteiger partial charge in [-0.1, -0.05) is 43.0 Å². The van der Waals surface area contributed by atoms with E-state index in [4.69, 9.17) is 10.5 Å². The first-order valence-electron chi connectivity index (χ1n) is 4.80. The monoisotopic (exact) mass is 193 g/mol. The molecule has 0 radical (unpaired) electrons. The van der Waals surface area contributed by atoms with Crippen molar-refractivity contribution in [3.8, 4) is 0 Å². The molecule has 0 bridgehead atoms. The van der Waals surface area contributed by atoms with Crippen molar-refractivity contribution in [2.24, 2.45) is 5.73 Å². The van der Waals surface area contributed by atoms with Crippen LogP contribution in [0.1, 0.15) is 12.5 Å². The lowest BCUT2D eigenvalue weighted by Crippen LogP contribution is -2.07. The average molecular weight is 193 g/mol. The molecule has 0 saturated carbocycles. The number of nitrogens with two attached hydrogens (primary N) is 1. The van der Waals surface area contributed by atoms with Gasteiger partial charge in [0.15, 0.2) is 0 Å². The van der Waals surface area contributed by atoms with Gasteiger partial charge >= 0.3 is 0 Å². The van der Waals surface area contributed by atoms with Crippen molar-refractivity contribution in [1.29, 1.82) is 0 Å². The van der Waals surface area contributed by atoms with Crippen LogP contribution in [-0.4, -0.2) is 19.8 Å². The van der Waals surface area contributed by atoms with Gasteiger partial charge in [0.2, 0.25) is 0 Å². The lowest BCUT2D eigenvalue weighted by atomic mass is 10.2. The lowest BCUT2D eigenvalue weighted by molar-refractivity contribution is 0.155. The Morgan fingerprint density at radius 3 is 2.29 bits per heavy atom. The third-order valence-electron chi connectivity index (χ3n) is 1.50. The Bertz CT molecular complexity index is 217. The highest BCUT2D eigenvalue weighted by atomic mass is 16.5. The van der Waals surface area contributed by atoms with E-state index in [0.29, 0.717) is 13.2 Å². The van der Waals surface area contributed by atoms with Crippen molar-refractivity contribution in [1.82, 2.24) is 0 Å². The number of benzene rings is 1. The standard InChI is InChI=1S/C8H8.C4H11NO/c1-2-8-6-4-3-5-7-8;1-2-6-4-3-5/h2-7H,1H2;2-5H2,1H3. The molecule has 0 aliphatic carbocycles. The predicted octanol–water partition coefficient (Wildman–Crippen LogP) is 2.31. The fourth-order valence-corrected chi connectivity index (χ4v) is 0.817. The molecule has 0 spiro atoms. The second kappa shape index (κ2) is 9.96. The Balaban J connectivity index is 0.000000255. The largest absolute Gasteiger partial charge is 0.380 e. The maximum atomic E-state index is 5.09. The summed E-state index contributed by atoms with van der Waals surface area (Å²) in [6.07, 6.45) is 1.83. The van der Waals surface area contributed by atoms with E-state index in [1.165, 1.54) is 5.56 Å². The molecule has 2 nitrogen and oxygen atoms in total. The Labute approximate surface area is 86.4 Å². The second-order valence-electron chi connectivity index (χ2n) is 2.60. The van der Waals surface area contributed by atoms with Crippen LogP contribution in [0.3, 0.4) is 0 Å². The van der Waals surface area contributed by atoms with Gasteiger partial charge in [0, 0.05) is 13.2 Å². The normalized spacial score (nSPS) is 8.71. The summed E-state index contributed by atoms with van der Waals surface area (Å²) < 4.78 is 4.86. The van der Waals surface area contributed by atoms with Crippen molar-refractivity contribution in [2.75, 3.05) is 19.8 Å². The molecule has 1 aromatic carbocycles. The highest BCUT2D eigenvalue weighted by Gasteiger charge is 1.75. The third-order valence-corrected chi connectivity index (χ3v) is 1.50. The van der Waals surface area contributed by atoms with E-state index >= 15 is 0 Å². The molecule has 0 heterocycles. The molecule has 2 heteroatoms. The minimum Gasteiger partial charge on any atom is -0.380 e. The van der Waals surface area contributed by atoms with Crippen LogP contribution in [0.5, 0.6) is 0 Å². The average Bonchev–Trinajstić information content (AvgIpc) is 2.28. The zero-order valence-corrected chi connectivity index (χ0v) is 8.78. The Hall–Kier alpha value is -1.12. The topological polar surface area (TPSA) is 35.2 Å². The summed E-state index contributed by atoms with van der Waals surface area (Å²) in [6, 6.07) is 10.0. The van der Waals surface area contributed by atoms with Crippen molar-refractivity contribution in [3.05, 3.63) is 42.5 Å². The molecule has 14 heavy (non-hydrogen) atoms. The minimum absolute atomic E-state index is 0.633. The van der Waals surface area contributed by atoms with Gasteiger partial charge in [-0.15, -0.1) is 0 Å². The van der Waals surface area contributed by atoms with Crippen LogP contribution in [0.25, 0.3) is 6.08 Å². The van der Waals surface area contributed by atoms with Crippen molar-refractivity contribution < 1.29 is 4.74 Å². The van der Waals surface area contributed by atoms with Gasteiger partial charge in [-0.2, -0.15) is 0 Å². The van der Waals surface area contributed by atoms with E-state index in [9.17, 15) is 0 Å². The molecule has 0 fully saturated rings. The van der Waals surface area contributed by atoms with Gasteiger partial charge < -0.3 is 10.5 Å². The Morgan fingerprint density at radius 1 is 1.36 bits per heavy atom. The van der Waals surface area contributed by atoms with E-state index < -0.39 is 0 Å². The van der Waals surface area contributed by atoms with E-state index in [1.807, 2.05) is 43.3 Å². The third kappa shape index (κ3) is 7.53. The Morgan fingerprint density at radius 2 is 2.00 bits per heavy atom. The summed E-state index contributed by atoms with van der Waals surface area (Å²) in [4.78, 5) is 0. The van der Waals surface area contributed by atoms with E-state index in [-0.39, 0.29) is 0 Å². The lowest BCUT2D eigenvalue weighted by Gasteiger charge is -1.91. The van der Waals surface area contributed by atoms with Crippen molar-refractivity contribution in [3.63, 3.8) is 0 Å².